The lowest BCUT2D eigenvalue weighted by Crippen LogP contribution is -2.09. The number of ether oxygens (including phenoxy) is 2. The van der Waals surface area contributed by atoms with E-state index in [9.17, 15) is 22.4 Å². The van der Waals surface area contributed by atoms with E-state index in [1.54, 1.807) is 6.92 Å². The maximum absolute atomic E-state index is 13.9. The van der Waals surface area contributed by atoms with E-state index in [1.807, 2.05) is 0 Å². The first kappa shape index (κ1) is 25.3. The van der Waals surface area contributed by atoms with Crippen molar-refractivity contribution < 1.29 is 31.8 Å². The number of nitrogen functional groups attached to an aromatic ring is 1. The van der Waals surface area contributed by atoms with E-state index in [1.165, 1.54) is 47.4 Å². The van der Waals surface area contributed by atoms with Crippen LogP contribution in [0.1, 0.15) is 21.6 Å². The average Bonchev–Trinajstić information content (AvgIpc) is 3.44. The number of aryl methyl sites for hydroxylation is 1. The SMILES string of the molecule is Cc1cc(Oc2c(F)cccc2F)ncc1-n1ncc(C(=O)c2cc3cc(OC(F)F)c(Br)cc3[nH]2)c1N. The lowest BCUT2D eigenvalue weighted by Gasteiger charge is -2.11. The number of nitrogens with one attached hydrogen (secondary N) is 1. The van der Waals surface area contributed by atoms with Crippen LogP contribution in [0.2, 0.25) is 0 Å². The van der Waals surface area contributed by atoms with Gasteiger partial charge >= 0.3 is 6.61 Å². The number of aromatic nitrogens is 4. The molecule has 3 N–H and O–H groups in total. The molecule has 0 aliphatic heterocycles. The molecule has 0 saturated carbocycles. The summed E-state index contributed by atoms with van der Waals surface area (Å²) in [5.74, 6) is -2.96. The number of fused-ring (bicyclic) bond motifs is 1. The van der Waals surface area contributed by atoms with Crippen molar-refractivity contribution in [1.82, 2.24) is 19.7 Å². The number of ketones is 1. The normalized spacial score (nSPS) is 11.3. The van der Waals surface area contributed by atoms with Crippen LogP contribution in [0, 0.1) is 18.6 Å². The van der Waals surface area contributed by atoms with Crippen LogP contribution >= 0.6 is 15.9 Å². The minimum absolute atomic E-state index is 0.00951. The molecule has 0 saturated heterocycles. The number of hydrogen-bond acceptors (Lipinski definition) is 6. The summed E-state index contributed by atoms with van der Waals surface area (Å²) in [6, 6.07) is 9.15. The summed E-state index contributed by atoms with van der Waals surface area (Å²) in [5, 5.41) is 4.67. The van der Waals surface area contributed by atoms with Crippen molar-refractivity contribution in [3.8, 4) is 23.1 Å². The van der Waals surface area contributed by atoms with Crippen LogP contribution in [0.25, 0.3) is 16.6 Å². The number of carbonyl (C=O) groups is 1. The first-order chi connectivity index (χ1) is 18.1. The second-order valence-corrected chi connectivity index (χ2v) is 8.93. The molecule has 0 atom stereocenters. The highest BCUT2D eigenvalue weighted by Gasteiger charge is 2.22. The summed E-state index contributed by atoms with van der Waals surface area (Å²) in [5.41, 5.74) is 7.92. The molecule has 194 valence electrons. The standard InChI is InChI=1S/C25H16BrF4N5O3/c1-11-5-21(38-23-15(27)3-2-4-16(23)28)32-10-19(11)35-24(31)13(9-33-35)22(36)18-6-12-7-20(37-25(29)30)14(26)8-17(12)34-18/h2-10,25,34H,31H2,1H3. The number of aromatic amines is 1. The maximum atomic E-state index is 13.9. The fourth-order valence-electron chi connectivity index (χ4n) is 3.80. The fraction of sp³-hybridized carbons (Fsp3) is 0.0800. The molecule has 0 bridgehead atoms. The van der Waals surface area contributed by atoms with E-state index in [0.717, 1.165) is 12.1 Å². The number of H-pyrrole nitrogens is 1. The van der Waals surface area contributed by atoms with Crippen LogP contribution in [0.5, 0.6) is 17.4 Å². The summed E-state index contributed by atoms with van der Waals surface area (Å²) in [4.78, 5) is 20.2. The molecule has 0 unspecified atom stereocenters. The van der Waals surface area contributed by atoms with E-state index in [2.05, 4.69) is 35.7 Å². The highest BCUT2D eigenvalue weighted by Crippen LogP contribution is 2.33. The number of anilines is 1. The Kier molecular flexibility index (Phi) is 6.53. The van der Waals surface area contributed by atoms with Gasteiger partial charge in [-0.05, 0) is 58.7 Å². The number of carbonyl (C=O) groups excluding carboxylic acids is 1. The maximum Gasteiger partial charge on any atom is 0.387 e. The minimum Gasteiger partial charge on any atom is -0.434 e. The van der Waals surface area contributed by atoms with E-state index in [4.69, 9.17) is 10.5 Å². The molecule has 0 radical (unpaired) electrons. The lowest BCUT2D eigenvalue weighted by molar-refractivity contribution is -0.0502. The molecule has 0 aliphatic carbocycles. The average molecular weight is 590 g/mol. The zero-order valence-electron chi connectivity index (χ0n) is 19.3. The number of pyridine rings is 1. The van der Waals surface area contributed by atoms with Gasteiger partial charge in [-0.25, -0.2) is 18.4 Å². The van der Waals surface area contributed by atoms with Crippen molar-refractivity contribution in [2.24, 2.45) is 0 Å². The highest BCUT2D eigenvalue weighted by molar-refractivity contribution is 9.10. The number of rotatable bonds is 7. The molecular formula is C25H16BrF4N5O3. The third-order valence-corrected chi connectivity index (χ3v) is 6.22. The molecule has 0 fully saturated rings. The first-order valence-corrected chi connectivity index (χ1v) is 11.7. The van der Waals surface area contributed by atoms with Crippen LogP contribution in [-0.4, -0.2) is 32.1 Å². The monoisotopic (exact) mass is 589 g/mol. The van der Waals surface area contributed by atoms with E-state index in [-0.39, 0.29) is 33.2 Å². The lowest BCUT2D eigenvalue weighted by atomic mass is 10.1. The molecular weight excluding hydrogens is 574 g/mol. The van der Waals surface area contributed by atoms with Crippen LogP contribution in [0.4, 0.5) is 23.4 Å². The molecule has 0 spiro atoms. The number of para-hydroxylation sites is 1. The Morgan fingerprint density at radius 2 is 1.87 bits per heavy atom. The van der Waals surface area contributed by atoms with Crippen LogP contribution in [0.3, 0.4) is 0 Å². The Bertz CT molecular complexity index is 1680. The summed E-state index contributed by atoms with van der Waals surface area (Å²) >= 11 is 3.17. The molecule has 13 heteroatoms. The Morgan fingerprint density at radius 3 is 2.55 bits per heavy atom. The molecule has 3 heterocycles. The predicted molar refractivity (Wildman–Crippen MR) is 133 cm³/mol. The van der Waals surface area contributed by atoms with Gasteiger partial charge < -0.3 is 20.2 Å². The number of hydrogen-bond donors (Lipinski definition) is 2. The van der Waals surface area contributed by atoms with Crippen molar-refractivity contribution in [2.45, 2.75) is 13.5 Å². The predicted octanol–water partition coefficient (Wildman–Crippen LogP) is 6.30. The molecule has 0 amide bonds. The summed E-state index contributed by atoms with van der Waals surface area (Å²) in [6.45, 7) is -1.33. The Balaban J connectivity index is 1.43. The molecule has 0 aliphatic rings. The Hall–Kier alpha value is -4.39. The van der Waals surface area contributed by atoms with Gasteiger partial charge in [-0.1, -0.05) is 6.07 Å². The topological polar surface area (TPSA) is 108 Å². The third-order valence-electron chi connectivity index (χ3n) is 5.60. The largest absolute Gasteiger partial charge is 0.434 e. The zero-order valence-corrected chi connectivity index (χ0v) is 20.9. The number of nitrogens with two attached hydrogens (primary N) is 1. The fourth-order valence-corrected chi connectivity index (χ4v) is 4.23. The third kappa shape index (κ3) is 4.67. The molecule has 38 heavy (non-hydrogen) atoms. The van der Waals surface area contributed by atoms with Gasteiger partial charge in [-0.3, -0.25) is 4.79 Å². The van der Waals surface area contributed by atoms with Gasteiger partial charge in [0.25, 0.3) is 0 Å². The first-order valence-electron chi connectivity index (χ1n) is 10.9. The molecule has 5 aromatic rings. The van der Waals surface area contributed by atoms with Gasteiger partial charge in [-0.2, -0.15) is 13.9 Å². The zero-order chi connectivity index (χ0) is 27.1. The van der Waals surface area contributed by atoms with Gasteiger partial charge in [0.05, 0.1) is 33.8 Å². The van der Waals surface area contributed by atoms with Crippen molar-refractivity contribution in [3.05, 3.63) is 87.8 Å². The van der Waals surface area contributed by atoms with Gasteiger partial charge in [0.1, 0.15) is 11.6 Å². The van der Waals surface area contributed by atoms with Gasteiger partial charge in [0, 0.05) is 17.0 Å². The Labute approximate surface area is 220 Å². The highest BCUT2D eigenvalue weighted by atomic mass is 79.9. The summed E-state index contributed by atoms with van der Waals surface area (Å²) in [7, 11) is 0. The minimum atomic E-state index is -3.01. The van der Waals surface area contributed by atoms with Gasteiger partial charge in [-0.15, -0.1) is 0 Å². The summed E-state index contributed by atoms with van der Waals surface area (Å²) in [6.07, 6.45) is 2.62. The van der Waals surface area contributed by atoms with Crippen LogP contribution in [0.15, 0.2) is 59.3 Å². The van der Waals surface area contributed by atoms with Crippen molar-refractivity contribution in [1.29, 1.82) is 0 Å². The van der Waals surface area contributed by atoms with Crippen molar-refractivity contribution >= 4 is 38.4 Å². The van der Waals surface area contributed by atoms with E-state index < -0.39 is 29.8 Å². The number of alkyl halides is 2. The quantitative estimate of drug-likeness (QED) is 0.170. The van der Waals surface area contributed by atoms with Crippen LogP contribution in [-0.2, 0) is 0 Å². The van der Waals surface area contributed by atoms with E-state index >= 15 is 0 Å². The molecule has 5 rings (SSSR count). The van der Waals surface area contributed by atoms with Gasteiger partial charge in [0.2, 0.25) is 17.4 Å². The van der Waals surface area contributed by atoms with Crippen LogP contribution < -0.4 is 15.2 Å². The summed E-state index contributed by atoms with van der Waals surface area (Å²) < 4.78 is 64.5. The number of nitrogens with zero attached hydrogens (tertiary/aromatic N) is 3. The Morgan fingerprint density at radius 1 is 1.13 bits per heavy atom. The molecule has 8 nitrogen and oxygen atoms in total. The second kappa shape index (κ2) is 9.82. The van der Waals surface area contributed by atoms with Crippen molar-refractivity contribution in [2.75, 3.05) is 5.73 Å². The second-order valence-electron chi connectivity index (χ2n) is 8.08. The molecule has 3 aromatic heterocycles. The van der Waals surface area contributed by atoms with E-state index in [0.29, 0.717) is 22.2 Å². The number of halogens is 5. The van der Waals surface area contributed by atoms with Crippen molar-refractivity contribution in [3.63, 3.8) is 0 Å². The van der Waals surface area contributed by atoms with Gasteiger partial charge in [0.15, 0.2) is 11.6 Å². The number of benzene rings is 2. The smallest absolute Gasteiger partial charge is 0.387 e. The molecule has 2 aromatic carbocycles.